The third-order valence-electron chi connectivity index (χ3n) is 5.59. The van der Waals surface area contributed by atoms with Gasteiger partial charge in [0.25, 0.3) is 0 Å². The van der Waals surface area contributed by atoms with Crippen LogP contribution in [-0.2, 0) is 9.59 Å². The SMILES string of the molecule is O=C(Nc1ccc(-c2ccccc2)cc1)C1CC(=O)N(c2ccc3c(c2)OCCO3)C1. The van der Waals surface area contributed by atoms with E-state index >= 15 is 0 Å². The average Bonchev–Trinajstić information content (AvgIpc) is 3.21. The van der Waals surface area contributed by atoms with Crippen molar-refractivity contribution in [2.45, 2.75) is 6.42 Å². The minimum atomic E-state index is -0.408. The van der Waals surface area contributed by atoms with Crippen molar-refractivity contribution >= 4 is 23.2 Å². The van der Waals surface area contributed by atoms with Gasteiger partial charge in [-0.15, -0.1) is 0 Å². The van der Waals surface area contributed by atoms with E-state index in [9.17, 15) is 9.59 Å². The van der Waals surface area contributed by atoms with Crippen LogP contribution in [0.5, 0.6) is 11.5 Å². The van der Waals surface area contributed by atoms with Crippen LogP contribution in [0.1, 0.15) is 6.42 Å². The van der Waals surface area contributed by atoms with Gasteiger partial charge >= 0.3 is 0 Å². The van der Waals surface area contributed by atoms with Crippen molar-refractivity contribution < 1.29 is 19.1 Å². The molecule has 2 amide bonds. The van der Waals surface area contributed by atoms with Crippen LogP contribution in [0.2, 0.25) is 0 Å². The molecule has 156 valence electrons. The summed E-state index contributed by atoms with van der Waals surface area (Å²) >= 11 is 0. The molecule has 6 nitrogen and oxygen atoms in total. The summed E-state index contributed by atoms with van der Waals surface area (Å²) in [7, 11) is 0. The first-order valence-corrected chi connectivity index (χ1v) is 10.3. The zero-order valence-electron chi connectivity index (χ0n) is 16.9. The highest BCUT2D eigenvalue weighted by Gasteiger charge is 2.35. The van der Waals surface area contributed by atoms with E-state index in [0.29, 0.717) is 31.3 Å². The lowest BCUT2D eigenvalue weighted by molar-refractivity contribution is -0.122. The minimum absolute atomic E-state index is 0.0729. The van der Waals surface area contributed by atoms with Crippen molar-refractivity contribution in [3.8, 4) is 22.6 Å². The molecule has 3 aromatic rings. The van der Waals surface area contributed by atoms with Gasteiger partial charge in [0.2, 0.25) is 11.8 Å². The Kier molecular flexibility index (Phi) is 5.04. The lowest BCUT2D eigenvalue weighted by atomic mass is 10.0. The number of benzene rings is 3. The molecule has 0 saturated carbocycles. The fourth-order valence-electron chi connectivity index (χ4n) is 3.95. The molecule has 3 aromatic carbocycles. The molecule has 1 N–H and O–H groups in total. The Morgan fingerprint density at radius 2 is 1.58 bits per heavy atom. The first kappa shape index (κ1) is 19.2. The van der Waals surface area contributed by atoms with Gasteiger partial charge in [-0.2, -0.15) is 0 Å². The summed E-state index contributed by atoms with van der Waals surface area (Å²) in [6, 6.07) is 23.2. The summed E-state index contributed by atoms with van der Waals surface area (Å²) in [6.07, 6.45) is 0.183. The molecule has 0 aromatic heterocycles. The molecule has 0 bridgehead atoms. The Labute approximate surface area is 180 Å². The second-order valence-electron chi connectivity index (χ2n) is 7.67. The fraction of sp³-hybridized carbons (Fsp3) is 0.200. The maximum Gasteiger partial charge on any atom is 0.229 e. The van der Waals surface area contributed by atoms with Crippen LogP contribution in [0.25, 0.3) is 11.1 Å². The summed E-state index contributed by atoms with van der Waals surface area (Å²) in [5.74, 6) is 0.671. The Morgan fingerprint density at radius 3 is 2.35 bits per heavy atom. The Morgan fingerprint density at radius 1 is 0.871 bits per heavy atom. The van der Waals surface area contributed by atoms with Crippen LogP contribution >= 0.6 is 0 Å². The highest BCUT2D eigenvalue weighted by Crippen LogP contribution is 2.36. The molecule has 0 aliphatic carbocycles. The zero-order chi connectivity index (χ0) is 21.2. The number of carbonyl (C=O) groups is 2. The largest absolute Gasteiger partial charge is 0.486 e. The lowest BCUT2D eigenvalue weighted by Crippen LogP contribution is -2.28. The minimum Gasteiger partial charge on any atom is -0.486 e. The van der Waals surface area contributed by atoms with E-state index in [2.05, 4.69) is 5.32 Å². The number of carbonyl (C=O) groups excluding carboxylic acids is 2. The predicted molar refractivity (Wildman–Crippen MR) is 118 cm³/mol. The van der Waals surface area contributed by atoms with Crippen molar-refractivity contribution in [2.24, 2.45) is 5.92 Å². The van der Waals surface area contributed by atoms with E-state index in [1.807, 2.05) is 60.7 Å². The van der Waals surface area contributed by atoms with Gasteiger partial charge in [-0.3, -0.25) is 9.59 Å². The number of amides is 2. The third-order valence-corrected chi connectivity index (χ3v) is 5.59. The molecule has 1 unspecified atom stereocenters. The Bertz CT molecular complexity index is 1110. The van der Waals surface area contributed by atoms with Gasteiger partial charge in [-0.25, -0.2) is 0 Å². The molecular formula is C25H22N2O4. The summed E-state index contributed by atoms with van der Waals surface area (Å²) in [5.41, 5.74) is 3.64. The molecule has 2 aliphatic heterocycles. The molecule has 5 rings (SSSR count). The van der Waals surface area contributed by atoms with Crippen molar-refractivity contribution in [3.05, 3.63) is 72.8 Å². The van der Waals surface area contributed by atoms with Gasteiger partial charge in [0.05, 0.1) is 5.92 Å². The number of ether oxygens (including phenoxy) is 2. The molecule has 2 heterocycles. The number of nitrogens with zero attached hydrogens (tertiary/aromatic N) is 1. The Hall–Kier alpha value is -3.80. The van der Waals surface area contributed by atoms with E-state index in [0.717, 1.165) is 22.5 Å². The van der Waals surface area contributed by atoms with E-state index in [1.54, 1.807) is 17.0 Å². The monoisotopic (exact) mass is 414 g/mol. The van der Waals surface area contributed by atoms with Gasteiger partial charge in [-0.05, 0) is 35.4 Å². The van der Waals surface area contributed by atoms with Crippen molar-refractivity contribution in [3.63, 3.8) is 0 Å². The van der Waals surface area contributed by atoms with Crippen molar-refractivity contribution in [2.75, 3.05) is 30.0 Å². The van der Waals surface area contributed by atoms with E-state index in [4.69, 9.17) is 9.47 Å². The quantitative estimate of drug-likeness (QED) is 0.698. The van der Waals surface area contributed by atoms with Gasteiger partial charge < -0.3 is 19.7 Å². The zero-order valence-corrected chi connectivity index (χ0v) is 16.9. The molecule has 2 aliphatic rings. The number of rotatable bonds is 4. The highest BCUT2D eigenvalue weighted by molar-refractivity contribution is 6.03. The van der Waals surface area contributed by atoms with Crippen LogP contribution in [-0.4, -0.2) is 31.6 Å². The van der Waals surface area contributed by atoms with Crippen LogP contribution in [0.15, 0.2) is 72.8 Å². The molecular weight excluding hydrogens is 392 g/mol. The first-order chi connectivity index (χ1) is 15.2. The lowest BCUT2D eigenvalue weighted by Gasteiger charge is -2.22. The fourth-order valence-corrected chi connectivity index (χ4v) is 3.95. The maximum atomic E-state index is 12.8. The normalized spacial score (nSPS) is 17.5. The summed E-state index contributed by atoms with van der Waals surface area (Å²) in [6.45, 7) is 1.34. The van der Waals surface area contributed by atoms with E-state index < -0.39 is 5.92 Å². The summed E-state index contributed by atoms with van der Waals surface area (Å²) in [4.78, 5) is 27.0. The number of anilines is 2. The van der Waals surface area contributed by atoms with E-state index in [-0.39, 0.29) is 18.2 Å². The average molecular weight is 414 g/mol. The van der Waals surface area contributed by atoms with Crippen LogP contribution in [0, 0.1) is 5.92 Å². The van der Waals surface area contributed by atoms with Gasteiger partial charge in [-0.1, -0.05) is 42.5 Å². The molecule has 0 radical (unpaired) electrons. The number of hydrogen-bond donors (Lipinski definition) is 1. The number of hydrogen-bond acceptors (Lipinski definition) is 4. The Balaban J connectivity index is 1.25. The topological polar surface area (TPSA) is 67.9 Å². The molecule has 6 heteroatoms. The second kappa shape index (κ2) is 8.14. The molecule has 31 heavy (non-hydrogen) atoms. The predicted octanol–water partition coefficient (Wildman–Crippen LogP) is 4.12. The molecule has 0 spiro atoms. The number of fused-ring (bicyclic) bond motifs is 1. The number of nitrogens with one attached hydrogen (secondary N) is 1. The van der Waals surface area contributed by atoms with Crippen molar-refractivity contribution in [1.29, 1.82) is 0 Å². The molecule has 1 saturated heterocycles. The first-order valence-electron chi connectivity index (χ1n) is 10.3. The van der Waals surface area contributed by atoms with Gasteiger partial charge in [0, 0.05) is 30.4 Å². The molecule has 1 atom stereocenters. The highest BCUT2D eigenvalue weighted by atomic mass is 16.6. The summed E-state index contributed by atoms with van der Waals surface area (Å²) in [5, 5.41) is 2.94. The van der Waals surface area contributed by atoms with E-state index in [1.165, 1.54) is 0 Å². The van der Waals surface area contributed by atoms with Crippen LogP contribution < -0.4 is 19.7 Å². The molecule has 1 fully saturated rings. The van der Waals surface area contributed by atoms with Crippen LogP contribution in [0.3, 0.4) is 0 Å². The van der Waals surface area contributed by atoms with Gasteiger partial charge in [0.15, 0.2) is 11.5 Å². The van der Waals surface area contributed by atoms with Gasteiger partial charge in [0.1, 0.15) is 13.2 Å². The second-order valence-corrected chi connectivity index (χ2v) is 7.67. The third kappa shape index (κ3) is 3.97. The van der Waals surface area contributed by atoms with Crippen molar-refractivity contribution in [1.82, 2.24) is 0 Å². The standard InChI is InChI=1S/C25H22N2O4/c28-24-14-19(16-27(24)21-10-11-22-23(15-21)31-13-12-30-22)25(29)26-20-8-6-18(7-9-20)17-4-2-1-3-5-17/h1-11,15,19H,12-14,16H2,(H,26,29). The maximum absolute atomic E-state index is 12.8. The summed E-state index contributed by atoms with van der Waals surface area (Å²) < 4.78 is 11.1. The smallest absolute Gasteiger partial charge is 0.229 e. The van der Waals surface area contributed by atoms with Crippen LogP contribution in [0.4, 0.5) is 11.4 Å².